The Morgan fingerprint density at radius 2 is 1.67 bits per heavy atom. The van der Waals surface area contributed by atoms with Gasteiger partial charge < -0.3 is 10.4 Å². The van der Waals surface area contributed by atoms with E-state index in [2.05, 4.69) is 15.1 Å². The Morgan fingerprint density at radius 1 is 1.00 bits per heavy atom. The molecule has 0 aliphatic carbocycles. The van der Waals surface area contributed by atoms with E-state index in [-0.39, 0.29) is 5.91 Å². The van der Waals surface area contributed by atoms with Crippen LogP contribution in [0.15, 0.2) is 48.5 Å². The lowest BCUT2D eigenvalue weighted by Crippen LogP contribution is -2.49. The maximum atomic E-state index is 12.4. The maximum absolute atomic E-state index is 12.4. The fourth-order valence-electron chi connectivity index (χ4n) is 3.43. The van der Waals surface area contributed by atoms with E-state index in [1.807, 2.05) is 62.4 Å². The van der Waals surface area contributed by atoms with Crippen LogP contribution in [0.1, 0.15) is 22.8 Å². The monoisotopic (exact) mass is 367 g/mol. The van der Waals surface area contributed by atoms with Crippen LogP contribution in [0.25, 0.3) is 0 Å². The van der Waals surface area contributed by atoms with Crippen molar-refractivity contribution in [2.24, 2.45) is 0 Å². The molecule has 3 rings (SSSR count). The number of hydrogen-bond donors (Lipinski definition) is 2. The fourth-order valence-corrected chi connectivity index (χ4v) is 3.43. The summed E-state index contributed by atoms with van der Waals surface area (Å²) >= 11 is 0. The molecule has 1 aliphatic rings. The van der Waals surface area contributed by atoms with Crippen LogP contribution in [0.2, 0.25) is 0 Å². The number of piperazine rings is 1. The second-order valence-electron chi connectivity index (χ2n) is 7.30. The molecular weight excluding hydrogens is 338 g/mol. The number of nitrogens with one attached hydrogen (secondary N) is 1. The second kappa shape index (κ2) is 9.13. The summed E-state index contributed by atoms with van der Waals surface area (Å²) in [6.45, 7) is 8.51. The Kier molecular flexibility index (Phi) is 6.61. The average molecular weight is 367 g/mol. The number of aliphatic hydroxyl groups is 1. The molecule has 2 N–H and O–H groups in total. The van der Waals surface area contributed by atoms with Crippen molar-refractivity contribution in [1.29, 1.82) is 0 Å². The van der Waals surface area contributed by atoms with Crippen molar-refractivity contribution in [3.8, 4) is 0 Å². The number of anilines is 1. The molecule has 0 radical (unpaired) electrons. The molecule has 27 heavy (non-hydrogen) atoms. The van der Waals surface area contributed by atoms with Gasteiger partial charge in [-0.05, 0) is 36.6 Å². The maximum Gasteiger partial charge on any atom is 0.238 e. The summed E-state index contributed by atoms with van der Waals surface area (Å²) in [5.41, 5.74) is 4.14. The van der Waals surface area contributed by atoms with Crippen molar-refractivity contribution >= 4 is 11.6 Å². The van der Waals surface area contributed by atoms with E-state index in [0.717, 1.165) is 43.0 Å². The lowest BCUT2D eigenvalue weighted by molar-refractivity contribution is -0.117. The van der Waals surface area contributed by atoms with Gasteiger partial charge in [0, 0.05) is 38.4 Å². The summed E-state index contributed by atoms with van der Waals surface area (Å²) in [6, 6.07) is 15.7. The largest absolute Gasteiger partial charge is 0.387 e. The SMILES string of the molecule is Cc1cccc(NC(=O)CN2CCN(C[C@H](O)c3ccccc3)CC2)c1C. The Balaban J connectivity index is 1.44. The number of rotatable bonds is 6. The van der Waals surface area contributed by atoms with E-state index in [0.29, 0.717) is 13.1 Å². The highest BCUT2D eigenvalue weighted by Gasteiger charge is 2.21. The van der Waals surface area contributed by atoms with Crippen molar-refractivity contribution in [2.75, 3.05) is 44.6 Å². The molecule has 0 aromatic heterocycles. The second-order valence-corrected chi connectivity index (χ2v) is 7.30. The molecule has 2 aromatic rings. The molecule has 0 bridgehead atoms. The van der Waals surface area contributed by atoms with Crippen molar-refractivity contribution < 1.29 is 9.90 Å². The summed E-state index contributed by atoms with van der Waals surface area (Å²) in [5, 5.41) is 13.4. The summed E-state index contributed by atoms with van der Waals surface area (Å²) in [6.07, 6.45) is -0.467. The van der Waals surface area contributed by atoms with E-state index in [1.54, 1.807) is 0 Å². The highest BCUT2D eigenvalue weighted by Crippen LogP contribution is 2.18. The molecule has 0 spiro atoms. The molecular formula is C22H29N3O2. The number of aryl methyl sites for hydroxylation is 1. The third-order valence-corrected chi connectivity index (χ3v) is 5.33. The van der Waals surface area contributed by atoms with Gasteiger partial charge in [-0.3, -0.25) is 14.6 Å². The molecule has 1 fully saturated rings. The van der Waals surface area contributed by atoms with Gasteiger partial charge in [0.05, 0.1) is 12.6 Å². The fraction of sp³-hybridized carbons (Fsp3) is 0.409. The Bertz CT molecular complexity index is 755. The first-order chi connectivity index (χ1) is 13.0. The molecule has 1 amide bonds. The van der Waals surface area contributed by atoms with Crippen LogP contribution in [0.5, 0.6) is 0 Å². The minimum absolute atomic E-state index is 0.0291. The number of benzene rings is 2. The van der Waals surface area contributed by atoms with Crippen molar-refractivity contribution in [3.05, 3.63) is 65.2 Å². The molecule has 1 heterocycles. The van der Waals surface area contributed by atoms with E-state index < -0.39 is 6.10 Å². The van der Waals surface area contributed by atoms with Gasteiger partial charge in [0.25, 0.3) is 0 Å². The number of carbonyl (C=O) groups excluding carboxylic acids is 1. The molecule has 1 atom stereocenters. The predicted molar refractivity (Wildman–Crippen MR) is 109 cm³/mol. The number of nitrogens with zero attached hydrogens (tertiary/aromatic N) is 2. The molecule has 0 saturated carbocycles. The minimum Gasteiger partial charge on any atom is -0.387 e. The van der Waals surface area contributed by atoms with Gasteiger partial charge in [0.15, 0.2) is 0 Å². The lowest BCUT2D eigenvalue weighted by Gasteiger charge is -2.35. The summed E-state index contributed by atoms with van der Waals surface area (Å²) in [4.78, 5) is 16.8. The van der Waals surface area contributed by atoms with Gasteiger partial charge in [-0.15, -0.1) is 0 Å². The third-order valence-electron chi connectivity index (χ3n) is 5.33. The first-order valence-corrected chi connectivity index (χ1v) is 9.56. The average Bonchev–Trinajstić information content (AvgIpc) is 2.67. The Hall–Kier alpha value is -2.21. The topological polar surface area (TPSA) is 55.8 Å². The third kappa shape index (κ3) is 5.39. The van der Waals surface area contributed by atoms with Crippen molar-refractivity contribution in [1.82, 2.24) is 9.80 Å². The molecule has 5 nitrogen and oxygen atoms in total. The van der Waals surface area contributed by atoms with E-state index in [4.69, 9.17) is 0 Å². The van der Waals surface area contributed by atoms with Crippen LogP contribution < -0.4 is 5.32 Å². The number of hydrogen-bond acceptors (Lipinski definition) is 4. The van der Waals surface area contributed by atoms with Gasteiger partial charge in [-0.25, -0.2) is 0 Å². The smallest absolute Gasteiger partial charge is 0.238 e. The number of β-amino-alcohol motifs (C(OH)–C–C–N with tert-alkyl or cyclic N) is 1. The summed E-state index contributed by atoms with van der Waals surface area (Å²) in [5.74, 6) is 0.0291. The highest BCUT2D eigenvalue weighted by molar-refractivity contribution is 5.93. The van der Waals surface area contributed by atoms with Crippen LogP contribution >= 0.6 is 0 Å². The van der Waals surface area contributed by atoms with Gasteiger partial charge >= 0.3 is 0 Å². The van der Waals surface area contributed by atoms with Gasteiger partial charge in [-0.1, -0.05) is 42.5 Å². The molecule has 0 unspecified atom stereocenters. The van der Waals surface area contributed by atoms with Crippen LogP contribution in [0, 0.1) is 13.8 Å². The highest BCUT2D eigenvalue weighted by atomic mass is 16.3. The standard InChI is InChI=1S/C22H29N3O2/c1-17-7-6-10-20(18(17)2)23-22(27)16-25-13-11-24(12-14-25)15-21(26)19-8-4-3-5-9-19/h3-10,21,26H,11-16H2,1-2H3,(H,23,27)/t21-/m0/s1. The van der Waals surface area contributed by atoms with Gasteiger partial charge in [0.2, 0.25) is 5.91 Å². The molecule has 5 heteroatoms. The van der Waals surface area contributed by atoms with E-state index >= 15 is 0 Å². The van der Waals surface area contributed by atoms with Crippen molar-refractivity contribution in [3.63, 3.8) is 0 Å². The summed E-state index contributed by atoms with van der Waals surface area (Å²) < 4.78 is 0. The normalized spacial score (nSPS) is 16.9. The zero-order valence-corrected chi connectivity index (χ0v) is 16.2. The van der Waals surface area contributed by atoms with Crippen LogP contribution in [0.3, 0.4) is 0 Å². The number of amides is 1. The summed E-state index contributed by atoms with van der Waals surface area (Å²) in [7, 11) is 0. The van der Waals surface area contributed by atoms with Crippen molar-refractivity contribution in [2.45, 2.75) is 20.0 Å². The molecule has 1 aliphatic heterocycles. The molecule has 1 saturated heterocycles. The zero-order valence-electron chi connectivity index (χ0n) is 16.2. The number of carbonyl (C=O) groups is 1. The van der Waals surface area contributed by atoms with E-state index in [9.17, 15) is 9.90 Å². The Morgan fingerprint density at radius 3 is 2.37 bits per heavy atom. The first kappa shape index (κ1) is 19.5. The first-order valence-electron chi connectivity index (χ1n) is 9.56. The molecule has 144 valence electrons. The number of aliphatic hydroxyl groups excluding tert-OH is 1. The Labute approximate surface area is 161 Å². The predicted octanol–water partition coefficient (Wildman–Crippen LogP) is 2.59. The van der Waals surface area contributed by atoms with E-state index in [1.165, 1.54) is 5.56 Å². The van der Waals surface area contributed by atoms with Crippen LogP contribution in [-0.2, 0) is 4.79 Å². The van der Waals surface area contributed by atoms with Crippen LogP contribution in [0.4, 0.5) is 5.69 Å². The zero-order chi connectivity index (χ0) is 19.2. The quantitative estimate of drug-likeness (QED) is 0.824. The molecule has 2 aromatic carbocycles. The van der Waals surface area contributed by atoms with Gasteiger partial charge in [0.1, 0.15) is 0 Å². The van der Waals surface area contributed by atoms with Crippen LogP contribution in [-0.4, -0.2) is 60.1 Å². The van der Waals surface area contributed by atoms with Gasteiger partial charge in [-0.2, -0.15) is 0 Å². The minimum atomic E-state index is -0.467. The lowest BCUT2D eigenvalue weighted by atomic mass is 10.1.